The zero-order valence-electron chi connectivity index (χ0n) is 12.3. The first-order chi connectivity index (χ1) is 9.38. The van der Waals surface area contributed by atoms with Crippen LogP contribution in [0.3, 0.4) is 0 Å². The van der Waals surface area contributed by atoms with Crippen molar-refractivity contribution in [1.82, 2.24) is 4.72 Å². The number of quaternary nitrogens is 1. The Kier molecular flexibility index (Phi) is 4.62. The highest BCUT2D eigenvalue weighted by Gasteiger charge is 2.24. The third-order valence-corrected chi connectivity index (χ3v) is 5.08. The molecule has 7 heteroatoms. The zero-order chi connectivity index (χ0) is 14.8. The van der Waals surface area contributed by atoms with Crippen molar-refractivity contribution in [1.29, 1.82) is 0 Å². The minimum absolute atomic E-state index is 0.111. The average Bonchev–Trinajstić information content (AvgIpc) is 2.38. The molecule has 1 saturated heterocycles. The standard InChI is InChI=1S/C13H22N4O2S/c1-11(2)15-20(18,19)12-4-5-13(14-10-12)17-8-6-16(3)7-9-17/h4-5,10-11,15H,6-9H2,1-3H3/p+2. The molecule has 2 heterocycles. The van der Waals surface area contributed by atoms with Gasteiger partial charge in [-0.05, 0) is 19.9 Å². The molecule has 0 aromatic carbocycles. The van der Waals surface area contributed by atoms with Crippen molar-refractivity contribution < 1.29 is 18.3 Å². The molecule has 20 heavy (non-hydrogen) atoms. The number of aromatic amines is 1. The lowest BCUT2D eigenvalue weighted by atomic mass is 10.3. The van der Waals surface area contributed by atoms with Gasteiger partial charge in [0.2, 0.25) is 10.0 Å². The van der Waals surface area contributed by atoms with E-state index in [0.717, 1.165) is 32.0 Å². The molecule has 0 spiro atoms. The smallest absolute Gasteiger partial charge is 0.274 e. The molecule has 6 nitrogen and oxygen atoms in total. The van der Waals surface area contributed by atoms with Crippen molar-refractivity contribution >= 4 is 15.8 Å². The molecule has 0 amide bonds. The van der Waals surface area contributed by atoms with Crippen LogP contribution in [0.15, 0.2) is 23.2 Å². The molecule has 1 aliphatic rings. The zero-order valence-corrected chi connectivity index (χ0v) is 13.1. The second-order valence-corrected chi connectivity index (χ2v) is 7.34. The molecule has 112 valence electrons. The monoisotopic (exact) mass is 300 g/mol. The Hall–Kier alpha value is -1.18. The van der Waals surface area contributed by atoms with E-state index in [9.17, 15) is 8.42 Å². The normalized spacial score (nSPS) is 17.7. The number of hydrogen-bond acceptors (Lipinski definition) is 3. The van der Waals surface area contributed by atoms with Crippen LogP contribution in [0, 0.1) is 0 Å². The van der Waals surface area contributed by atoms with Gasteiger partial charge in [0.25, 0.3) is 5.82 Å². The van der Waals surface area contributed by atoms with E-state index in [0.29, 0.717) is 0 Å². The van der Waals surface area contributed by atoms with Gasteiger partial charge in [-0.1, -0.05) is 0 Å². The van der Waals surface area contributed by atoms with Gasteiger partial charge in [-0.15, -0.1) is 0 Å². The predicted octanol–water partition coefficient (Wildman–Crippen LogP) is -1.48. The quantitative estimate of drug-likeness (QED) is 0.713. The van der Waals surface area contributed by atoms with E-state index < -0.39 is 10.0 Å². The minimum Gasteiger partial charge on any atom is -0.331 e. The van der Waals surface area contributed by atoms with E-state index in [1.54, 1.807) is 12.3 Å². The van der Waals surface area contributed by atoms with Gasteiger partial charge in [0.15, 0.2) is 0 Å². The molecular formula is C13H24N4O2S+2. The van der Waals surface area contributed by atoms with E-state index in [4.69, 9.17) is 0 Å². The third-order valence-electron chi connectivity index (χ3n) is 3.43. The van der Waals surface area contributed by atoms with Crippen molar-refractivity contribution in [2.75, 3.05) is 38.1 Å². The summed E-state index contributed by atoms with van der Waals surface area (Å²) in [5.41, 5.74) is 0. The lowest BCUT2D eigenvalue weighted by Gasteiger charge is -2.25. The Morgan fingerprint density at radius 1 is 1.30 bits per heavy atom. The van der Waals surface area contributed by atoms with Crippen LogP contribution in [0.2, 0.25) is 0 Å². The molecule has 1 aliphatic heterocycles. The molecule has 0 unspecified atom stereocenters. The van der Waals surface area contributed by atoms with Gasteiger partial charge in [0, 0.05) is 12.1 Å². The fourth-order valence-electron chi connectivity index (χ4n) is 2.27. The Labute approximate surface area is 120 Å². The number of H-pyrrole nitrogens is 1. The van der Waals surface area contributed by atoms with E-state index in [1.807, 2.05) is 19.9 Å². The highest BCUT2D eigenvalue weighted by atomic mass is 32.2. The number of sulfonamides is 1. The summed E-state index contributed by atoms with van der Waals surface area (Å²) in [6.45, 7) is 7.79. The van der Waals surface area contributed by atoms with Crippen LogP contribution in [-0.4, -0.2) is 47.7 Å². The fourth-order valence-corrected chi connectivity index (χ4v) is 3.49. The highest BCUT2D eigenvalue weighted by Crippen LogP contribution is 2.11. The van der Waals surface area contributed by atoms with E-state index >= 15 is 0 Å². The van der Waals surface area contributed by atoms with Gasteiger partial charge in [-0.2, -0.15) is 0 Å². The lowest BCUT2D eigenvalue weighted by Crippen LogP contribution is -3.12. The molecule has 0 saturated carbocycles. The third kappa shape index (κ3) is 3.68. The van der Waals surface area contributed by atoms with Crippen LogP contribution in [0.25, 0.3) is 0 Å². The molecule has 0 bridgehead atoms. The van der Waals surface area contributed by atoms with Gasteiger partial charge >= 0.3 is 0 Å². The van der Waals surface area contributed by atoms with Crippen molar-refractivity contribution in [3.05, 3.63) is 18.3 Å². The summed E-state index contributed by atoms with van der Waals surface area (Å²) in [6.07, 6.45) is 1.56. The number of rotatable bonds is 4. The Morgan fingerprint density at radius 2 is 1.95 bits per heavy atom. The molecular weight excluding hydrogens is 276 g/mol. The second-order valence-electron chi connectivity index (χ2n) is 5.63. The van der Waals surface area contributed by atoms with Gasteiger partial charge in [-0.25, -0.2) is 18.1 Å². The maximum absolute atomic E-state index is 12.0. The summed E-state index contributed by atoms with van der Waals surface area (Å²) >= 11 is 0. The first-order valence-corrected chi connectivity index (χ1v) is 8.47. The van der Waals surface area contributed by atoms with Gasteiger partial charge < -0.3 is 4.90 Å². The highest BCUT2D eigenvalue weighted by molar-refractivity contribution is 7.89. The average molecular weight is 300 g/mol. The number of nitrogens with zero attached hydrogens (tertiary/aromatic N) is 1. The van der Waals surface area contributed by atoms with Crippen molar-refractivity contribution in [2.45, 2.75) is 24.8 Å². The largest absolute Gasteiger partial charge is 0.331 e. The summed E-state index contributed by atoms with van der Waals surface area (Å²) in [4.78, 5) is 7.15. The van der Waals surface area contributed by atoms with Crippen LogP contribution in [-0.2, 0) is 10.0 Å². The first kappa shape index (κ1) is 15.2. The number of likely N-dealkylation sites (N-methyl/N-ethyl adjacent to an activating group) is 1. The van der Waals surface area contributed by atoms with E-state index in [2.05, 4.69) is 21.7 Å². The first-order valence-electron chi connectivity index (χ1n) is 6.99. The Balaban J connectivity index is 2.10. The van der Waals surface area contributed by atoms with Crippen LogP contribution in [0.1, 0.15) is 13.8 Å². The topological polar surface area (TPSA) is 68.0 Å². The maximum Gasteiger partial charge on any atom is 0.274 e. The SMILES string of the molecule is CC(C)NS(=O)(=O)c1ccc(N2CC[NH+](C)CC2)[nH+]c1. The summed E-state index contributed by atoms with van der Waals surface area (Å²) in [5, 5.41) is 0. The molecule has 0 aliphatic carbocycles. The maximum atomic E-state index is 12.0. The molecule has 0 radical (unpaired) electrons. The van der Waals surface area contributed by atoms with Gasteiger partial charge in [-0.3, -0.25) is 4.90 Å². The van der Waals surface area contributed by atoms with Gasteiger partial charge in [0.05, 0.1) is 7.05 Å². The number of hydrogen-bond donors (Lipinski definition) is 2. The molecule has 1 fully saturated rings. The number of aromatic nitrogens is 1. The summed E-state index contributed by atoms with van der Waals surface area (Å²) in [5.74, 6) is 0.973. The van der Waals surface area contributed by atoms with E-state index in [-0.39, 0.29) is 10.9 Å². The summed E-state index contributed by atoms with van der Waals surface area (Å²) in [7, 11) is -1.23. The van der Waals surface area contributed by atoms with Crippen LogP contribution < -0.4 is 19.5 Å². The predicted molar refractivity (Wildman–Crippen MR) is 77.3 cm³/mol. The molecule has 2 rings (SSSR count). The minimum atomic E-state index is -3.42. The summed E-state index contributed by atoms with van der Waals surface area (Å²) in [6, 6.07) is 3.39. The van der Waals surface area contributed by atoms with E-state index in [1.165, 1.54) is 4.90 Å². The number of nitrogens with one attached hydrogen (secondary N) is 3. The molecule has 0 atom stereocenters. The van der Waals surface area contributed by atoms with Crippen LogP contribution >= 0.6 is 0 Å². The van der Waals surface area contributed by atoms with Crippen molar-refractivity contribution in [3.63, 3.8) is 0 Å². The molecule has 3 N–H and O–H groups in total. The number of piperazine rings is 1. The number of anilines is 1. The Morgan fingerprint density at radius 3 is 2.45 bits per heavy atom. The summed E-state index contributed by atoms with van der Waals surface area (Å²) < 4.78 is 26.6. The fraction of sp³-hybridized carbons (Fsp3) is 0.615. The van der Waals surface area contributed by atoms with Crippen molar-refractivity contribution in [3.8, 4) is 0 Å². The molecule has 1 aromatic rings. The van der Waals surface area contributed by atoms with Crippen molar-refractivity contribution in [2.24, 2.45) is 0 Å². The second kappa shape index (κ2) is 6.07. The lowest BCUT2D eigenvalue weighted by molar-refractivity contribution is -0.880. The van der Waals surface area contributed by atoms with Gasteiger partial charge in [0.1, 0.15) is 37.3 Å². The number of pyridine rings is 1. The Bertz CT molecular complexity index is 534. The van der Waals surface area contributed by atoms with Crippen LogP contribution in [0.5, 0.6) is 0 Å². The van der Waals surface area contributed by atoms with Crippen LogP contribution in [0.4, 0.5) is 5.82 Å². The molecule has 1 aromatic heterocycles.